The zero-order valence-corrected chi connectivity index (χ0v) is 29.9. The number of nitrogens with one attached hydrogen (secondary N) is 3. The number of aromatic nitrogens is 16. The summed E-state index contributed by atoms with van der Waals surface area (Å²) in [5, 5.41) is 0. The monoisotopic (exact) mass is 734 g/mol. The number of imidazole rings is 4. The molecule has 0 aliphatic rings. The van der Waals surface area contributed by atoms with E-state index in [1.807, 2.05) is 0 Å². The molecular formula is C29H34N16O8. The lowest BCUT2D eigenvalue weighted by molar-refractivity contribution is 0.705. The number of aryl methyl sites for hydroxylation is 6. The fourth-order valence-electron chi connectivity index (χ4n) is 5.21. The van der Waals surface area contributed by atoms with Gasteiger partial charge in [0.2, 0.25) is 0 Å². The van der Waals surface area contributed by atoms with Gasteiger partial charge < -0.3 is 18.7 Å². The first-order valence-electron chi connectivity index (χ1n) is 15.3. The maximum Gasteiger partial charge on any atom is 0.332 e. The summed E-state index contributed by atoms with van der Waals surface area (Å²) in [6.07, 6.45) is 5.90. The second-order valence-corrected chi connectivity index (χ2v) is 11.7. The van der Waals surface area contributed by atoms with Gasteiger partial charge in [-0.15, -0.1) is 0 Å². The molecule has 3 N–H and O–H groups in total. The van der Waals surface area contributed by atoms with Crippen molar-refractivity contribution in [3.8, 4) is 0 Å². The highest BCUT2D eigenvalue weighted by Gasteiger charge is 2.13. The summed E-state index contributed by atoms with van der Waals surface area (Å²) in [5.74, 6) is 0. The van der Waals surface area contributed by atoms with Crippen molar-refractivity contribution in [3.63, 3.8) is 0 Å². The number of hydrogen-bond donors (Lipinski definition) is 3. The van der Waals surface area contributed by atoms with Crippen molar-refractivity contribution in [2.75, 3.05) is 0 Å². The first-order valence-corrected chi connectivity index (χ1v) is 15.3. The third-order valence-corrected chi connectivity index (χ3v) is 8.30. The van der Waals surface area contributed by atoms with Crippen LogP contribution in [0.5, 0.6) is 0 Å². The van der Waals surface area contributed by atoms with E-state index in [9.17, 15) is 38.4 Å². The molecule has 0 radical (unpaired) electrons. The Kier molecular flexibility index (Phi) is 9.55. The predicted molar refractivity (Wildman–Crippen MR) is 191 cm³/mol. The summed E-state index contributed by atoms with van der Waals surface area (Å²) in [6, 6.07) is 0. The van der Waals surface area contributed by atoms with Crippen LogP contribution in [0.3, 0.4) is 0 Å². The minimum Gasteiger partial charge on any atom is -0.339 e. The molecule has 0 amide bonds. The first kappa shape index (κ1) is 36.9. The fraction of sp³-hybridized carbons (Fsp3) is 0.310. The highest BCUT2D eigenvalue weighted by atomic mass is 16.2. The molecule has 24 heteroatoms. The molecule has 8 aromatic rings. The average molecular weight is 735 g/mol. The third-order valence-electron chi connectivity index (χ3n) is 8.30. The molecule has 0 aromatic carbocycles. The van der Waals surface area contributed by atoms with E-state index >= 15 is 0 Å². The van der Waals surface area contributed by atoms with Gasteiger partial charge in [-0.1, -0.05) is 0 Å². The van der Waals surface area contributed by atoms with Gasteiger partial charge in [-0.05, 0) is 0 Å². The van der Waals surface area contributed by atoms with E-state index in [1.165, 1.54) is 60.2 Å². The lowest BCUT2D eigenvalue weighted by Crippen LogP contribution is -2.37. The topological polar surface area (TPSA) is 280 Å². The molecule has 0 saturated heterocycles. The van der Waals surface area contributed by atoms with Gasteiger partial charge in [0, 0.05) is 63.4 Å². The van der Waals surface area contributed by atoms with Crippen LogP contribution in [0.4, 0.5) is 0 Å². The molecule has 24 nitrogen and oxygen atoms in total. The Labute approximate surface area is 292 Å². The Morgan fingerprint density at radius 3 is 1.55 bits per heavy atom. The third kappa shape index (κ3) is 6.27. The Morgan fingerprint density at radius 1 is 0.453 bits per heavy atom. The smallest absolute Gasteiger partial charge is 0.332 e. The van der Waals surface area contributed by atoms with Crippen molar-refractivity contribution in [2.24, 2.45) is 63.4 Å². The van der Waals surface area contributed by atoms with E-state index < -0.39 is 16.9 Å². The summed E-state index contributed by atoms with van der Waals surface area (Å²) in [4.78, 5) is 114. The summed E-state index contributed by atoms with van der Waals surface area (Å²) >= 11 is 0. The van der Waals surface area contributed by atoms with Crippen LogP contribution in [0.2, 0.25) is 0 Å². The SMILES string of the molecule is Cn1c(=O)[nH]c2ncn(C)c2c1=O.Cn1c(=O)c2[nH]cnc2n(C)c1=O.Cn1c(=O)c2c(ncn2C)n(C)c1=O.Cn1cnc2c1c(=O)[nH]c(=O)n2C. The molecule has 0 aliphatic heterocycles. The van der Waals surface area contributed by atoms with Gasteiger partial charge in [0.25, 0.3) is 22.2 Å². The van der Waals surface area contributed by atoms with Crippen LogP contribution in [0.1, 0.15) is 0 Å². The minimum atomic E-state index is -0.448. The maximum atomic E-state index is 11.7. The van der Waals surface area contributed by atoms with Gasteiger partial charge in [-0.2, -0.15) is 0 Å². The van der Waals surface area contributed by atoms with Crippen LogP contribution >= 0.6 is 0 Å². The number of fused-ring (bicyclic) bond motifs is 4. The van der Waals surface area contributed by atoms with Crippen LogP contribution in [-0.4, -0.2) is 76.0 Å². The molecule has 0 unspecified atom stereocenters. The van der Waals surface area contributed by atoms with Crippen molar-refractivity contribution >= 4 is 44.7 Å². The highest BCUT2D eigenvalue weighted by Crippen LogP contribution is 2.03. The van der Waals surface area contributed by atoms with E-state index in [4.69, 9.17) is 0 Å². The van der Waals surface area contributed by atoms with Crippen molar-refractivity contribution in [3.05, 3.63) is 109 Å². The van der Waals surface area contributed by atoms with Crippen molar-refractivity contribution in [1.82, 2.24) is 76.0 Å². The maximum absolute atomic E-state index is 11.7. The average Bonchev–Trinajstić information content (AvgIpc) is 3.94. The number of rotatable bonds is 0. The quantitative estimate of drug-likeness (QED) is 0.134. The molecule has 8 aromatic heterocycles. The van der Waals surface area contributed by atoms with Crippen LogP contribution in [0.15, 0.2) is 63.7 Å². The Hall–Kier alpha value is -7.40. The molecule has 0 fully saturated rings. The molecule has 8 heterocycles. The number of H-pyrrole nitrogens is 3. The Balaban J connectivity index is 0.000000136. The predicted octanol–water partition coefficient (Wildman–Crippen LogP) is -4.15. The first-order chi connectivity index (χ1) is 24.9. The van der Waals surface area contributed by atoms with Gasteiger partial charge >= 0.3 is 22.8 Å². The van der Waals surface area contributed by atoms with Gasteiger partial charge in [0.1, 0.15) is 5.52 Å². The molecule has 0 atom stereocenters. The standard InChI is InChI=1S/C8H10N4O2.3C7H8N4O2/c1-10-4-9-6-5(10)7(13)12(3)8(14)11(6)2;1-10-3-8-5-4(10)6(12)9-7(13)11(5)2;1-10-3-8-5-4(10)6(12)11(2)7(13)9-5;1-10-5-4(8-3-9-5)6(12)11(2)7(10)13/h4H,1-3H3;3H,1-2H3,(H,9,12,13);3H,1-2H3,(H,9,13);3H,1-2H3,(H,8,9). The highest BCUT2D eigenvalue weighted by molar-refractivity contribution is 5.71. The lowest BCUT2D eigenvalue weighted by atomic mass is 10.5. The van der Waals surface area contributed by atoms with Crippen LogP contribution in [0.25, 0.3) is 44.7 Å². The van der Waals surface area contributed by atoms with Gasteiger partial charge in [0.15, 0.2) is 39.1 Å². The lowest BCUT2D eigenvalue weighted by Gasteiger charge is -2.02. The molecule has 0 saturated carbocycles. The normalized spacial score (nSPS) is 11.0. The second kappa shape index (κ2) is 13.7. The molecule has 8 rings (SSSR count). The molecular weight excluding hydrogens is 700 g/mol. The second-order valence-electron chi connectivity index (χ2n) is 11.7. The van der Waals surface area contributed by atoms with Crippen LogP contribution < -0.4 is 45.0 Å². The van der Waals surface area contributed by atoms with E-state index in [0.717, 1.165) is 13.7 Å². The van der Waals surface area contributed by atoms with Gasteiger partial charge in [0.05, 0.1) is 25.3 Å². The van der Waals surface area contributed by atoms with Crippen molar-refractivity contribution < 1.29 is 0 Å². The minimum absolute atomic E-state index is 0.317. The number of hydrogen-bond acceptors (Lipinski definition) is 12. The van der Waals surface area contributed by atoms with Gasteiger partial charge in [-0.3, -0.25) is 56.5 Å². The number of nitrogens with zero attached hydrogens (tertiary/aromatic N) is 13. The largest absolute Gasteiger partial charge is 0.339 e. The van der Waals surface area contributed by atoms with E-state index in [0.29, 0.717) is 44.7 Å². The summed E-state index contributed by atoms with van der Waals surface area (Å²) in [5.41, 5.74) is 0.0951. The zero-order valence-electron chi connectivity index (χ0n) is 29.9. The Morgan fingerprint density at radius 2 is 0.925 bits per heavy atom. The fourth-order valence-corrected chi connectivity index (χ4v) is 5.21. The molecule has 278 valence electrons. The zero-order chi connectivity index (χ0) is 39.2. The van der Waals surface area contributed by atoms with Crippen molar-refractivity contribution in [2.45, 2.75) is 0 Å². The number of aromatic amines is 3. The Bertz CT molecular complexity index is 3190. The van der Waals surface area contributed by atoms with E-state index in [2.05, 4.69) is 34.9 Å². The van der Waals surface area contributed by atoms with Gasteiger partial charge in [-0.25, -0.2) is 39.1 Å². The van der Waals surface area contributed by atoms with E-state index in [-0.39, 0.29) is 28.1 Å². The summed E-state index contributed by atoms with van der Waals surface area (Å²) in [6.45, 7) is 0. The van der Waals surface area contributed by atoms with Crippen LogP contribution in [0, 0.1) is 0 Å². The van der Waals surface area contributed by atoms with Crippen molar-refractivity contribution in [1.29, 1.82) is 0 Å². The molecule has 53 heavy (non-hydrogen) atoms. The molecule has 0 bridgehead atoms. The van der Waals surface area contributed by atoms with E-state index in [1.54, 1.807) is 56.0 Å². The summed E-state index contributed by atoms with van der Waals surface area (Å²) < 4.78 is 11.9. The molecule has 0 aliphatic carbocycles. The van der Waals surface area contributed by atoms with Crippen LogP contribution in [-0.2, 0) is 63.4 Å². The summed E-state index contributed by atoms with van der Waals surface area (Å²) in [7, 11) is 14.2. The molecule has 0 spiro atoms.